The summed E-state index contributed by atoms with van der Waals surface area (Å²) in [7, 11) is 8.03. The average Bonchev–Trinajstić information content (AvgIpc) is 1.65. The predicted octanol–water partition coefficient (Wildman–Crippen LogP) is 35.7. The van der Waals surface area contributed by atoms with E-state index in [9.17, 15) is 4.39 Å². The molecule has 0 spiro atoms. The van der Waals surface area contributed by atoms with E-state index in [0.29, 0.717) is 5.56 Å². The highest BCUT2D eigenvalue weighted by molar-refractivity contribution is 14.1. The molecule has 0 bridgehead atoms. The number of benzene rings is 15. The zero-order valence-corrected chi connectivity index (χ0v) is 89.1. The van der Waals surface area contributed by atoms with Gasteiger partial charge in [0.25, 0.3) is 0 Å². The molecule has 135 heavy (non-hydrogen) atoms. The zero-order chi connectivity index (χ0) is 99.4. The second kappa shape index (κ2) is 58.0. The summed E-state index contributed by atoms with van der Waals surface area (Å²) in [5.41, 5.74) is 37.1. The highest BCUT2D eigenvalue weighted by Gasteiger charge is 2.11. The van der Waals surface area contributed by atoms with Crippen LogP contribution in [0.4, 0.5) is 4.39 Å². The Bertz CT molecular complexity index is 6380. The van der Waals surface area contributed by atoms with Crippen molar-refractivity contribution in [3.05, 3.63) is 471 Å². The molecule has 0 aliphatic carbocycles. The van der Waals surface area contributed by atoms with Crippen molar-refractivity contribution in [2.45, 2.75) is 192 Å². The molecule has 2 aromatic heterocycles. The fraction of sp³-hybridized carbons (Fsp3) is 0.271. The van der Waals surface area contributed by atoms with E-state index in [4.69, 9.17) is 4.74 Å². The van der Waals surface area contributed by atoms with Crippen molar-refractivity contribution in [3.8, 4) is 28.7 Å². The highest BCUT2D eigenvalue weighted by Crippen LogP contribution is 2.27. The number of hydrogen-bond donors (Lipinski definition) is 0. The minimum absolute atomic E-state index is 0.116. The minimum Gasteiger partial charge on any atom is -0.496 e. The summed E-state index contributed by atoms with van der Waals surface area (Å²) in [6, 6.07) is 106. The van der Waals surface area contributed by atoms with Gasteiger partial charge in [0.15, 0.2) is 0 Å². The molecule has 17 aromatic rings. The smallest absolute Gasteiger partial charge is 0.126 e. The molecule has 15 aromatic carbocycles. The van der Waals surface area contributed by atoms with Crippen LogP contribution in [-0.4, -0.2) is 41.3 Å². The van der Waals surface area contributed by atoms with Gasteiger partial charge < -0.3 is 18.8 Å². The van der Waals surface area contributed by atoms with Gasteiger partial charge >= 0.3 is 0 Å². The van der Waals surface area contributed by atoms with Crippen LogP contribution in [0.25, 0.3) is 60.6 Å². The van der Waals surface area contributed by atoms with E-state index in [2.05, 4.69) is 513 Å². The van der Waals surface area contributed by atoms with E-state index in [-0.39, 0.29) is 5.82 Å². The number of nitrogens with zero attached hydrogens (tertiary/aromatic N) is 3. The first-order valence-corrected chi connectivity index (χ1v) is 48.5. The number of rotatable bonds is 4. The number of hydrogen-bond acceptors (Lipinski definition) is 2. The maximum absolute atomic E-state index is 12.6. The third kappa shape index (κ3) is 39.2. The Balaban J connectivity index is 0.000000225. The summed E-state index contributed by atoms with van der Waals surface area (Å²) in [5.74, 6) is 7.80. The molecular weight excluding hydrogens is 1750 g/mol. The van der Waals surface area contributed by atoms with Crippen molar-refractivity contribution in [3.63, 3.8) is 0 Å². The Kier molecular flexibility index (Phi) is 47.9. The zero-order valence-electron chi connectivity index (χ0n) is 86.9. The van der Waals surface area contributed by atoms with Crippen LogP contribution in [-0.2, 0) is 20.5 Å². The maximum Gasteiger partial charge on any atom is 0.126 e. The first-order chi connectivity index (χ1) is 64.3. The van der Waals surface area contributed by atoms with Crippen molar-refractivity contribution in [1.82, 2.24) is 14.0 Å². The number of fused-ring (bicyclic) bond motifs is 4. The molecule has 0 atom stereocenters. The summed E-state index contributed by atoms with van der Waals surface area (Å²) < 4.78 is 23.3. The van der Waals surface area contributed by atoms with Crippen molar-refractivity contribution in [1.29, 1.82) is 0 Å². The molecule has 0 N–H and O–H groups in total. The number of ether oxygens (including phenoxy) is 1. The molecule has 0 unspecified atom stereocenters. The number of aryl methyl sites for hydroxylation is 25. The first kappa shape index (κ1) is 111. The Morgan fingerprint density at radius 1 is 0.363 bits per heavy atom. The van der Waals surface area contributed by atoms with Gasteiger partial charge in [-0.2, -0.15) is 0 Å². The fourth-order valence-electron chi connectivity index (χ4n) is 14.9. The molecule has 4 nitrogen and oxygen atoms in total. The van der Waals surface area contributed by atoms with Gasteiger partial charge in [0.05, 0.1) is 7.11 Å². The van der Waals surface area contributed by atoms with Gasteiger partial charge in [-0.1, -0.05) is 331 Å². The van der Waals surface area contributed by atoms with Gasteiger partial charge in [-0.25, -0.2) is 4.39 Å². The highest BCUT2D eigenvalue weighted by atomic mass is 127. The summed E-state index contributed by atoms with van der Waals surface area (Å²) in [5, 5.41) is 8.10. The van der Waals surface area contributed by atoms with E-state index in [0.717, 1.165) is 29.2 Å². The number of halogens is 2. The van der Waals surface area contributed by atoms with E-state index < -0.39 is 0 Å². The summed E-state index contributed by atoms with van der Waals surface area (Å²) in [6.45, 7) is 58.7. The molecule has 1 aliphatic heterocycles. The Morgan fingerprint density at radius 3 is 1.25 bits per heavy atom. The van der Waals surface area contributed by atoms with E-state index in [1.54, 1.807) is 20.1 Å². The van der Waals surface area contributed by atoms with Crippen LogP contribution in [0, 0.1) is 179 Å². The lowest BCUT2D eigenvalue weighted by molar-refractivity contribution is 0.230. The fourth-order valence-corrected chi connectivity index (χ4v) is 15.6. The first-order valence-electron chi connectivity index (χ1n) is 47.4. The molecule has 6 heteroatoms. The summed E-state index contributed by atoms with van der Waals surface area (Å²) in [6.07, 6.45) is 10.0. The van der Waals surface area contributed by atoms with Crippen molar-refractivity contribution in [2.75, 3.05) is 27.2 Å². The lowest BCUT2D eigenvalue weighted by atomic mass is 9.99. The van der Waals surface area contributed by atoms with Gasteiger partial charge in [-0.15, -0.1) is 5.92 Å². The Hall–Kier alpha value is -12.4. The molecule has 704 valence electrons. The third-order valence-corrected chi connectivity index (χ3v) is 25.0. The van der Waals surface area contributed by atoms with Crippen LogP contribution in [0.5, 0.6) is 5.75 Å². The molecule has 0 radical (unpaired) electrons. The van der Waals surface area contributed by atoms with E-state index >= 15 is 0 Å². The lowest BCUT2D eigenvalue weighted by Gasteiger charge is -2.26. The Labute approximate surface area is 828 Å². The van der Waals surface area contributed by atoms with Gasteiger partial charge in [0.2, 0.25) is 0 Å². The molecule has 18 rings (SSSR count). The molecule has 1 aliphatic rings. The van der Waals surface area contributed by atoms with Crippen LogP contribution in [0.15, 0.2) is 322 Å². The normalized spacial score (nSPS) is 10.9. The molecule has 0 saturated carbocycles. The van der Waals surface area contributed by atoms with Crippen LogP contribution in [0.1, 0.15) is 173 Å². The summed E-state index contributed by atoms with van der Waals surface area (Å²) >= 11 is 2.35. The quantitative estimate of drug-likeness (QED) is 0.129. The predicted molar refractivity (Wildman–Crippen MR) is 602 cm³/mol. The molecule has 0 amide bonds. The molecular formula is C129H153FIN3O. The Morgan fingerprint density at radius 2 is 0.778 bits per heavy atom. The number of likely N-dealkylation sites (tertiary alicyclic amines) is 1. The van der Waals surface area contributed by atoms with Crippen LogP contribution >= 0.6 is 22.6 Å². The average molecular weight is 1910 g/mol. The van der Waals surface area contributed by atoms with E-state index in [1.807, 2.05) is 39.0 Å². The maximum atomic E-state index is 12.6. The van der Waals surface area contributed by atoms with Crippen molar-refractivity contribution in [2.24, 2.45) is 20.0 Å². The van der Waals surface area contributed by atoms with Gasteiger partial charge in [-0.05, 0) is 403 Å². The lowest BCUT2D eigenvalue weighted by Crippen LogP contribution is -2.28. The van der Waals surface area contributed by atoms with E-state index in [1.165, 1.54) is 212 Å². The third-order valence-electron chi connectivity index (χ3n) is 23.8. The number of methoxy groups -OCH3 is 1. The topological polar surface area (TPSA) is 22.3 Å². The largest absolute Gasteiger partial charge is 0.496 e. The minimum atomic E-state index is -0.116. The molecule has 1 saturated heterocycles. The monoisotopic (exact) mass is 1910 g/mol. The van der Waals surface area contributed by atoms with Crippen LogP contribution in [0.2, 0.25) is 0 Å². The van der Waals surface area contributed by atoms with Gasteiger partial charge in [-0.3, -0.25) is 0 Å². The van der Waals surface area contributed by atoms with Gasteiger partial charge in [0.1, 0.15) is 11.6 Å². The van der Waals surface area contributed by atoms with Crippen molar-refractivity contribution < 1.29 is 9.13 Å². The number of aromatic nitrogens is 2. The molecule has 3 heterocycles. The standard InChI is InChI=1S/C14H14.2C12H12.C11H12.2C10H11N.C10H14.C10H12.C9H12O.C8H9F.C8H9I.C8H10.C7H15N/c1-11-8-9-12(2)14(10-11)13-6-4-3-5-7-13;1-9-3-5-12-8-10(2)4-6-11(12)7-9;1-9-5-3-8-12-10(2)6-4-7-11(9)12;1-4-5-11-8-9(2)6-7-10(11)3;1-8-3-4-10-9(7-8)5-6-11(10)2;1-8-4-3-5-10-9(8)6-7-11(10)2;2*1-4-10-7-8(2)5-6-9(10)3;1-7-4-5-8(2)9(6-7)10-3;2*1-6-3-4-7(2)8(9)5-6;2*1-7-3-5-8(2)6-4-7/h3-10H,1-2H3;2*3-8H,1-2H3;6-8H,1-3H3;2*3-7H,1-2H3;5-7H,4H2,1-3H3;4-7H,1H2,2-3H3;4-6H,1-3H3;2*3-5H,1-2H3;3-6H,1-2H3;7H,3-6H2,1-2H3. The SMILES string of the molecule is C=Cc1cc(C)ccc1C.CC#Cc1cc(C)ccc1C.CC1CCN(C)CC1.CCc1cc(C)ccc1C.COc1cc(C)ccc1C.Cc1ccc(C)c(-c2ccccc2)c1.Cc1ccc(C)c(F)c1.Cc1ccc(C)c(I)c1.Cc1ccc(C)cc1.Cc1ccc2c(ccn2C)c1.Cc1ccc2cc(C)ccc2c1.Cc1cccc2c(C)cccc12.Cc1cccc2c1ccn2C. The van der Waals surface area contributed by atoms with Crippen molar-refractivity contribution >= 4 is 72.0 Å². The van der Waals surface area contributed by atoms with Crippen LogP contribution in [0.3, 0.4) is 0 Å². The number of piperidine rings is 1. The van der Waals surface area contributed by atoms with Crippen LogP contribution < -0.4 is 4.74 Å². The van der Waals surface area contributed by atoms with Gasteiger partial charge in [0, 0.05) is 52.0 Å². The molecule has 1 fully saturated rings. The summed E-state index contributed by atoms with van der Waals surface area (Å²) in [4.78, 5) is 2.40. The second-order valence-corrected chi connectivity index (χ2v) is 37.5. The second-order valence-electron chi connectivity index (χ2n) is 36.4.